The van der Waals surface area contributed by atoms with Crippen LogP contribution in [0, 0.1) is 0 Å². The van der Waals surface area contributed by atoms with Gasteiger partial charge in [-0.1, -0.05) is 6.58 Å². The average molecular weight is 265 g/mol. The number of anilines is 3. The molecule has 1 aromatic rings. The Bertz CT molecular complexity index is 483. The van der Waals surface area contributed by atoms with Crippen LogP contribution < -0.4 is 16.4 Å². The third-order valence-corrected chi connectivity index (χ3v) is 2.54. The zero-order valence-electron chi connectivity index (χ0n) is 10.4. The maximum absolute atomic E-state index is 11.3. The van der Waals surface area contributed by atoms with E-state index in [0.717, 1.165) is 0 Å². The van der Waals surface area contributed by atoms with Crippen LogP contribution in [0.15, 0.2) is 19.1 Å². The number of carbonyl (C=O) groups excluding carboxylic acids is 2. The molecular weight excluding hydrogens is 250 g/mol. The molecule has 0 aliphatic rings. The number of nitrogens with two attached hydrogens (primary N) is 2. The number of nitrogen functional groups attached to an aromatic ring is 2. The van der Waals surface area contributed by atoms with Crippen LogP contribution in [0.2, 0.25) is 0 Å². The molecule has 102 valence electrons. The molecule has 0 bridgehead atoms. The van der Waals surface area contributed by atoms with Gasteiger partial charge in [0.1, 0.15) is 12.0 Å². The molecule has 1 rings (SSSR count). The zero-order valence-corrected chi connectivity index (χ0v) is 10.4. The lowest BCUT2D eigenvalue weighted by Gasteiger charge is -2.33. The molecular formula is C11H15N5O3. The molecule has 4 N–H and O–H groups in total. The Labute approximate surface area is 110 Å². The van der Waals surface area contributed by atoms with E-state index in [1.165, 1.54) is 24.5 Å². The maximum atomic E-state index is 11.3. The summed E-state index contributed by atoms with van der Waals surface area (Å²) >= 11 is 0. The number of rotatable bonds is 7. The van der Waals surface area contributed by atoms with Crippen molar-refractivity contribution in [1.82, 2.24) is 9.97 Å². The first-order valence-electron chi connectivity index (χ1n) is 5.25. The lowest BCUT2D eigenvalue weighted by atomic mass is 10.0. The van der Waals surface area contributed by atoms with Crippen molar-refractivity contribution in [2.24, 2.45) is 0 Å². The van der Waals surface area contributed by atoms with Crippen LogP contribution in [0.25, 0.3) is 0 Å². The predicted octanol–water partition coefficient (Wildman–Crippen LogP) is -0.626. The quantitative estimate of drug-likeness (QED) is 0.493. The molecule has 0 aliphatic carbocycles. The molecule has 0 saturated carbocycles. The summed E-state index contributed by atoms with van der Waals surface area (Å²) in [6.07, 6.45) is 3.29. The summed E-state index contributed by atoms with van der Waals surface area (Å²) in [5.74, 6) is 0.152. The topological polar surface area (TPSA) is 124 Å². The van der Waals surface area contributed by atoms with Crippen molar-refractivity contribution in [3.63, 3.8) is 0 Å². The van der Waals surface area contributed by atoms with Crippen molar-refractivity contribution in [1.29, 1.82) is 0 Å². The Morgan fingerprint density at radius 2 is 2.05 bits per heavy atom. The highest BCUT2D eigenvalue weighted by molar-refractivity contribution is 5.96. The Morgan fingerprint density at radius 3 is 2.53 bits per heavy atom. The van der Waals surface area contributed by atoms with Crippen LogP contribution in [0.3, 0.4) is 0 Å². The fraction of sp³-hybridized carbons (Fsp3) is 0.273. The SMILES string of the molecule is C=CN(c1ncnc(N)c1N)C(C=O)(C=O)COC. The van der Waals surface area contributed by atoms with Gasteiger partial charge in [-0.15, -0.1) is 0 Å². The number of nitrogens with zero attached hydrogens (tertiary/aromatic N) is 3. The minimum atomic E-state index is -1.61. The molecule has 0 radical (unpaired) electrons. The zero-order chi connectivity index (χ0) is 14.5. The van der Waals surface area contributed by atoms with E-state index >= 15 is 0 Å². The number of methoxy groups -OCH3 is 1. The molecule has 0 fully saturated rings. The van der Waals surface area contributed by atoms with E-state index in [1.54, 1.807) is 0 Å². The second-order valence-corrected chi connectivity index (χ2v) is 3.71. The standard InChI is InChI=1S/C11H15N5O3/c1-3-16(11(4-17,5-18)6-19-2)10-8(12)9(13)14-7-15-10/h3-5,7H,1,6,12H2,2H3,(H2,13,14,15). The smallest absolute Gasteiger partial charge is 0.180 e. The monoisotopic (exact) mass is 265 g/mol. The van der Waals surface area contributed by atoms with Crippen LogP contribution in [0.5, 0.6) is 0 Å². The van der Waals surface area contributed by atoms with E-state index in [4.69, 9.17) is 16.2 Å². The van der Waals surface area contributed by atoms with Gasteiger partial charge in [-0.3, -0.25) is 0 Å². The fourth-order valence-electron chi connectivity index (χ4n) is 1.56. The summed E-state index contributed by atoms with van der Waals surface area (Å²) in [5, 5.41) is 0. The molecule has 8 heteroatoms. The first-order valence-corrected chi connectivity index (χ1v) is 5.25. The number of hydrogen-bond acceptors (Lipinski definition) is 8. The third kappa shape index (κ3) is 2.52. The van der Waals surface area contributed by atoms with Gasteiger partial charge in [-0.25, -0.2) is 9.97 Å². The third-order valence-electron chi connectivity index (χ3n) is 2.54. The highest BCUT2D eigenvalue weighted by atomic mass is 16.5. The second kappa shape index (κ2) is 5.91. The van der Waals surface area contributed by atoms with Crippen molar-refractivity contribution in [3.05, 3.63) is 19.1 Å². The van der Waals surface area contributed by atoms with Gasteiger partial charge in [0.15, 0.2) is 29.7 Å². The first-order chi connectivity index (χ1) is 9.06. The van der Waals surface area contributed by atoms with Crippen molar-refractivity contribution < 1.29 is 14.3 Å². The molecule has 8 nitrogen and oxygen atoms in total. The van der Waals surface area contributed by atoms with Crippen LogP contribution in [0.1, 0.15) is 0 Å². The van der Waals surface area contributed by atoms with Crippen molar-refractivity contribution in [2.75, 3.05) is 30.1 Å². The lowest BCUT2D eigenvalue weighted by Crippen LogP contribution is -2.53. The minimum Gasteiger partial charge on any atom is -0.393 e. The Balaban J connectivity index is 3.39. The average Bonchev–Trinajstić information content (AvgIpc) is 2.43. The van der Waals surface area contributed by atoms with E-state index in [9.17, 15) is 9.59 Å². The normalized spacial score (nSPS) is 10.8. The Kier molecular flexibility index (Phi) is 4.54. The molecule has 0 atom stereocenters. The molecule has 0 spiro atoms. The van der Waals surface area contributed by atoms with Crippen molar-refractivity contribution in [2.45, 2.75) is 5.54 Å². The minimum absolute atomic E-state index is 0.0416. The van der Waals surface area contributed by atoms with Gasteiger partial charge < -0.3 is 30.7 Å². The number of hydrogen-bond donors (Lipinski definition) is 2. The summed E-state index contributed by atoms with van der Waals surface area (Å²) in [5.41, 5.74) is 9.76. The Hall–Kier alpha value is -2.48. The second-order valence-electron chi connectivity index (χ2n) is 3.71. The summed E-state index contributed by atoms with van der Waals surface area (Å²) in [7, 11) is 1.36. The Morgan fingerprint density at radius 1 is 1.42 bits per heavy atom. The van der Waals surface area contributed by atoms with E-state index in [1.807, 2.05) is 0 Å². The largest absolute Gasteiger partial charge is 0.393 e. The van der Waals surface area contributed by atoms with E-state index in [-0.39, 0.29) is 23.9 Å². The van der Waals surface area contributed by atoms with Gasteiger partial charge in [-0.05, 0) is 6.20 Å². The maximum Gasteiger partial charge on any atom is 0.180 e. The number of ether oxygens (including phenoxy) is 1. The van der Waals surface area contributed by atoms with Crippen molar-refractivity contribution >= 4 is 29.9 Å². The summed E-state index contributed by atoms with van der Waals surface area (Å²) in [6, 6.07) is 0. The van der Waals surface area contributed by atoms with Gasteiger partial charge in [0.2, 0.25) is 0 Å². The van der Waals surface area contributed by atoms with Crippen LogP contribution in [0.4, 0.5) is 17.3 Å². The lowest BCUT2D eigenvalue weighted by molar-refractivity contribution is -0.123. The molecule has 1 aromatic heterocycles. The summed E-state index contributed by atoms with van der Waals surface area (Å²) < 4.78 is 4.90. The van der Waals surface area contributed by atoms with Crippen molar-refractivity contribution in [3.8, 4) is 0 Å². The predicted molar refractivity (Wildman–Crippen MR) is 70.3 cm³/mol. The molecule has 1 heterocycles. The molecule has 0 aromatic carbocycles. The van der Waals surface area contributed by atoms with Crippen LogP contribution in [-0.2, 0) is 14.3 Å². The van der Waals surface area contributed by atoms with Gasteiger partial charge in [-0.2, -0.15) is 0 Å². The highest BCUT2D eigenvalue weighted by Crippen LogP contribution is 2.28. The van der Waals surface area contributed by atoms with Gasteiger partial charge in [0, 0.05) is 7.11 Å². The van der Waals surface area contributed by atoms with Gasteiger partial charge >= 0.3 is 0 Å². The number of aromatic nitrogens is 2. The number of carbonyl (C=O) groups is 2. The molecule has 19 heavy (non-hydrogen) atoms. The molecule has 0 unspecified atom stereocenters. The van der Waals surface area contributed by atoms with E-state index in [2.05, 4.69) is 16.5 Å². The van der Waals surface area contributed by atoms with Crippen LogP contribution >= 0.6 is 0 Å². The molecule has 0 saturated heterocycles. The molecule has 0 aliphatic heterocycles. The van der Waals surface area contributed by atoms with Crippen LogP contribution in [-0.4, -0.2) is 41.8 Å². The fourth-order valence-corrected chi connectivity index (χ4v) is 1.56. The van der Waals surface area contributed by atoms with E-state index < -0.39 is 5.54 Å². The molecule has 0 amide bonds. The highest BCUT2D eigenvalue weighted by Gasteiger charge is 2.38. The first kappa shape index (κ1) is 14.6. The summed E-state index contributed by atoms with van der Waals surface area (Å²) in [4.78, 5) is 31.4. The van der Waals surface area contributed by atoms with E-state index in [0.29, 0.717) is 12.6 Å². The number of aldehydes is 2. The van der Waals surface area contributed by atoms with Gasteiger partial charge in [0.25, 0.3) is 0 Å². The summed E-state index contributed by atoms with van der Waals surface area (Å²) in [6.45, 7) is 3.36. The van der Waals surface area contributed by atoms with Gasteiger partial charge in [0.05, 0.1) is 6.61 Å².